The number of anilines is 2. The van der Waals surface area contributed by atoms with Gasteiger partial charge >= 0.3 is 0 Å². The topological polar surface area (TPSA) is 55.1 Å². The van der Waals surface area contributed by atoms with Gasteiger partial charge in [0.1, 0.15) is 0 Å². The molecule has 0 aliphatic heterocycles. The number of hydrogen-bond acceptors (Lipinski definition) is 2. The first-order valence-corrected chi connectivity index (χ1v) is 5.19. The molecule has 5 heteroatoms. The minimum Gasteiger partial charge on any atom is -0.398 e. The highest BCUT2D eigenvalue weighted by Gasteiger charge is 2.10. The van der Waals surface area contributed by atoms with Crippen molar-refractivity contribution in [2.45, 2.75) is 0 Å². The summed E-state index contributed by atoms with van der Waals surface area (Å²) in [6, 6.07) is 9.62. The highest BCUT2D eigenvalue weighted by Crippen LogP contribution is 2.16. The molecule has 2 aromatic carbocycles. The van der Waals surface area contributed by atoms with Crippen LogP contribution in [0.3, 0.4) is 0 Å². The molecule has 0 heterocycles. The van der Waals surface area contributed by atoms with E-state index in [-0.39, 0.29) is 11.3 Å². The van der Waals surface area contributed by atoms with E-state index in [0.29, 0.717) is 5.69 Å². The highest BCUT2D eigenvalue weighted by molar-refractivity contribution is 6.07. The molecule has 18 heavy (non-hydrogen) atoms. The van der Waals surface area contributed by atoms with Gasteiger partial charge in [-0.1, -0.05) is 12.1 Å². The van der Waals surface area contributed by atoms with Gasteiger partial charge in [0.2, 0.25) is 0 Å². The van der Waals surface area contributed by atoms with Crippen molar-refractivity contribution in [3.8, 4) is 0 Å². The first-order chi connectivity index (χ1) is 8.58. The normalized spacial score (nSPS) is 10.1. The minimum absolute atomic E-state index is 0.169. The Hall–Kier alpha value is -2.43. The monoisotopic (exact) mass is 248 g/mol. The molecule has 0 bridgehead atoms. The zero-order chi connectivity index (χ0) is 13.1. The number of halogens is 2. The zero-order valence-electron chi connectivity index (χ0n) is 9.28. The van der Waals surface area contributed by atoms with Crippen LogP contribution in [0.2, 0.25) is 0 Å². The second-order valence-corrected chi connectivity index (χ2v) is 3.67. The van der Waals surface area contributed by atoms with Gasteiger partial charge in [0.05, 0.1) is 5.56 Å². The molecule has 0 saturated carbocycles. The molecule has 0 spiro atoms. The number of nitrogens with one attached hydrogen (secondary N) is 1. The average Bonchev–Trinajstić information content (AvgIpc) is 2.34. The molecule has 0 aromatic heterocycles. The maximum absolute atomic E-state index is 13.0. The van der Waals surface area contributed by atoms with E-state index >= 15 is 0 Å². The highest BCUT2D eigenvalue weighted by atomic mass is 19.2. The van der Waals surface area contributed by atoms with Crippen molar-refractivity contribution in [2.75, 3.05) is 11.1 Å². The third kappa shape index (κ3) is 2.45. The summed E-state index contributed by atoms with van der Waals surface area (Å²) in [5.74, 6) is -2.46. The molecule has 3 N–H and O–H groups in total. The number of para-hydroxylation sites is 1. The fraction of sp³-hybridized carbons (Fsp3) is 0. The first kappa shape index (κ1) is 12.0. The number of carbonyl (C=O) groups is 1. The quantitative estimate of drug-likeness (QED) is 0.803. The number of rotatable bonds is 2. The van der Waals surface area contributed by atoms with Crippen LogP contribution in [0.1, 0.15) is 10.4 Å². The Morgan fingerprint density at radius 2 is 1.78 bits per heavy atom. The first-order valence-electron chi connectivity index (χ1n) is 5.19. The lowest BCUT2D eigenvalue weighted by molar-refractivity contribution is 0.102. The maximum Gasteiger partial charge on any atom is 0.257 e. The predicted octanol–water partition coefficient (Wildman–Crippen LogP) is 2.80. The van der Waals surface area contributed by atoms with Gasteiger partial charge in [-0.3, -0.25) is 4.79 Å². The van der Waals surface area contributed by atoms with Crippen LogP contribution in [0, 0.1) is 11.6 Å². The molecule has 0 fully saturated rings. The summed E-state index contributed by atoms with van der Waals surface area (Å²) in [4.78, 5) is 11.8. The van der Waals surface area contributed by atoms with Crippen LogP contribution < -0.4 is 11.1 Å². The van der Waals surface area contributed by atoms with Gasteiger partial charge in [-0.15, -0.1) is 0 Å². The van der Waals surface area contributed by atoms with E-state index in [4.69, 9.17) is 5.73 Å². The summed E-state index contributed by atoms with van der Waals surface area (Å²) < 4.78 is 25.7. The Kier molecular flexibility index (Phi) is 3.23. The molecular formula is C13H10F2N2O. The molecule has 0 saturated heterocycles. The fourth-order valence-electron chi connectivity index (χ4n) is 1.48. The summed E-state index contributed by atoms with van der Waals surface area (Å²) in [6.07, 6.45) is 0. The molecular weight excluding hydrogens is 238 g/mol. The molecule has 0 atom stereocenters. The van der Waals surface area contributed by atoms with Crippen molar-refractivity contribution in [3.63, 3.8) is 0 Å². The lowest BCUT2D eigenvalue weighted by Gasteiger charge is -2.07. The van der Waals surface area contributed by atoms with Crippen molar-refractivity contribution < 1.29 is 13.6 Å². The van der Waals surface area contributed by atoms with Crippen molar-refractivity contribution in [1.29, 1.82) is 0 Å². The second-order valence-electron chi connectivity index (χ2n) is 3.67. The van der Waals surface area contributed by atoms with Gasteiger partial charge in [-0.05, 0) is 24.3 Å². The SMILES string of the molecule is Nc1ccccc1C(=O)Nc1ccc(F)c(F)c1. The molecule has 0 unspecified atom stereocenters. The van der Waals surface area contributed by atoms with E-state index in [1.807, 2.05) is 0 Å². The smallest absolute Gasteiger partial charge is 0.257 e. The second kappa shape index (κ2) is 4.83. The van der Waals surface area contributed by atoms with E-state index < -0.39 is 17.5 Å². The summed E-state index contributed by atoms with van der Waals surface area (Å²) in [7, 11) is 0. The molecule has 0 aliphatic rings. The van der Waals surface area contributed by atoms with Crippen molar-refractivity contribution in [3.05, 3.63) is 59.7 Å². The van der Waals surface area contributed by atoms with E-state index in [1.165, 1.54) is 6.07 Å². The van der Waals surface area contributed by atoms with Gasteiger partial charge < -0.3 is 11.1 Å². The molecule has 1 amide bonds. The van der Waals surface area contributed by atoms with Crippen molar-refractivity contribution in [1.82, 2.24) is 0 Å². The molecule has 0 radical (unpaired) electrons. The van der Waals surface area contributed by atoms with Crippen LogP contribution in [-0.4, -0.2) is 5.91 Å². The van der Waals surface area contributed by atoms with Gasteiger partial charge in [-0.2, -0.15) is 0 Å². The van der Waals surface area contributed by atoms with Crippen LogP contribution in [0.15, 0.2) is 42.5 Å². The Morgan fingerprint density at radius 1 is 1.06 bits per heavy atom. The number of nitrogen functional groups attached to an aromatic ring is 1. The van der Waals surface area contributed by atoms with Gasteiger partial charge in [-0.25, -0.2) is 8.78 Å². The minimum atomic E-state index is -1.02. The number of nitrogens with two attached hydrogens (primary N) is 1. The zero-order valence-corrected chi connectivity index (χ0v) is 9.28. The van der Waals surface area contributed by atoms with E-state index in [9.17, 15) is 13.6 Å². The standard InChI is InChI=1S/C13H10F2N2O/c14-10-6-5-8(7-11(10)15)17-13(18)9-3-1-2-4-12(9)16/h1-7H,16H2,(H,17,18). The van der Waals surface area contributed by atoms with Crippen LogP contribution in [0.4, 0.5) is 20.2 Å². The van der Waals surface area contributed by atoms with Crippen molar-refractivity contribution in [2.24, 2.45) is 0 Å². The Bertz CT molecular complexity index is 599. The molecule has 92 valence electrons. The summed E-state index contributed by atoms with van der Waals surface area (Å²) in [5, 5.41) is 2.44. The molecule has 3 nitrogen and oxygen atoms in total. The summed E-state index contributed by atoms with van der Waals surface area (Å²) in [6.45, 7) is 0. The number of hydrogen-bond donors (Lipinski definition) is 2. The molecule has 2 aromatic rings. The van der Waals surface area contributed by atoms with E-state index in [1.54, 1.807) is 24.3 Å². The fourth-order valence-corrected chi connectivity index (χ4v) is 1.48. The third-order valence-electron chi connectivity index (χ3n) is 2.38. The van der Waals surface area contributed by atoms with Gasteiger partial charge in [0.15, 0.2) is 11.6 Å². The number of carbonyl (C=O) groups excluding carboxylic acids is 1. The van der Waals surface area contributed by atoms with Crippen LogP contribution >= 0.6 is 0 Å². The van der Waals surface area contributed by atoms with Crippen LogP contribution in [0.25, 0.3) is 0 Å². The summed E-state index contributed by atoms with van der Waals surface area (Å²) in [5.41, 5.74) is 6.40. The molecule has 2 rings (SSSR count). The summed E-state index contributed by atoms with van der Waals surface area (Å²) >= 11 is 0. The Morgan fingerprint density at radius 3 is 2.44 bits per heavy atom. The Balaban J connectivity index is 2.22. The van der Waals surface area contributed by atoms with Crippen LogP contribution in [-0.2, 0) is 0 Å². The number of amides is 1. The number of benzene rings is 2. The van der Waals surface area contributed by atoms with Gasteiger partial charge in [0.25, 0.3) is 5.91 Å². The maximum atomic E-state index is 13.0. The third-order valence-corrected chi connectivity index (χ3v) is 2.38. The van der Waals surface area contributed by atoms with Gasteiger partial charge in [0, 0.05) is 17.4 Å². The van der Waals surface area contributed by atoms with E-state index in [0.717, 1.165) is 12.1 Å². The average molecular weight is 248 g/mol. The van der Waals surface area contributed by atoms with Crippen LogP contribution in [0.5, 0.6) is 0 Å². The lowest BCUT2D eigenvalue weighted by atomic mass is 10.1. The molecule has 0 aliphatic carbocycles. The largest absolute Gasteiger partial charge is 0.398 e. The predicted molar refractivity (Wildman–Crippen MR) is 65.2 cm³/mol. The van der Waals surface area contributed by atoms with E-state index in [2.05, 4.69) is 5.32 Å². The lowest BCUT2D eigenvalue weighted by Crippen LogP contribution is -2.14. The Labute approximate surface area is 102 Å². The van der Waals surface area contributed by atoms with Crippen molar-refractivity contribution >= 4 is 17.3 Å².